The second kappa shape index (κ2) is 9.93. The molecule has 2 saturated heterocycles. The van der Waals surface area contributed by atoms with E-state index in [1.54, 1.807) is 32.8 Å². The van der Waals surface area contributed by atoms with E-state index in [1.165, 1.54) is 17.0 Å². The molecule has 1 aromatic heterocycles. The molecule has 9 heteroatoms. The van der Waals surface area contributed by atoms with Gasteiger partial charge in [0.05, 0.1) is 11.3 Å². The number of hydrogen-bond acceptors (Lipinski definition) is 4. The summed E-state index contributed by atoms with van der Waals surface area (Å²) in [6.45, 7) is 4.49. The van der Waals surface area contributed by atoms with Crippen LogP contribution in [-0.2, 0) is 9.59 Å². The second-order valence-electron chi connectivity index (χ2n) is 9.27. The lowest BCUT2D eigenvalue weighted by Gasteiger charge is -2.35. The summed E-state index contributed by atoms with van der Waals surface area (Å²) in [5.41, 5.74) is 3.45. The van der Waals surface area contributed by atoms with Crippen molar-refractivity contribution in [3.63, 3.8) is 0 Å². The highest BCUT2D eigenvalue weighted by Gasteiger charge is 2.33. The molecular formula is C27H28FN5O3. The molecule has 5 rings (SSSR count). The van der Waals surface area contributed by atoms with Gasteiger partial charge in [-0.1, -0.05) is 23.8 Å². The van der Waals surface area contributed by atoms with Crippen molar-refractivity contribution in [3.8, 4) is 16.9 Å². The largest absolute Gasteiger partial charge is 0.335 e. The first-order valence-electron chi connectivity index (χ1n) is 12.2. The van der Waals surface area contributed by atoms with Crippen LogP contribution in [0.4, 0.5) is 4.39 Å². The number of piperazine rings is 1. The molecular weight excluding hydrogens is 461 g/mol. The Labute approximate surface area is 208 Å². The van der Waals surface area contributed by atoms with Gasteiger partial charge in [-0.25, -0.2) is 9.07 Å². The number of nitrogens with zero attached hydrogens (tertiary/aromatic N) is 5. The van der Waals surface area contributed by atoms with Crippen LogP contribution in [0, 0.1) is 12.7 Å². The van der Waals surface area contributed by atoms with Gasteiger partial charge in [0.15, 0.2) is 0 Å². The third kappa shape index (κ3) is 4.73. The smallest absolute Gasteiger partial charge is 0.312 e. The minimum Gasteiger partial charge on any atom is -0.335 e. The molecule has 0 bridgehead atoms. The fourth-order valence-corrected chi connectivity index (χ4v) is 4.74. The Morgan fingerprint density at radius 3 is 2.06 bits per heavy atom. The van der Waals surface area contributed by atoms with Crippen molar-refractivity contribution in [2.24, 2.45) is 0 Å². The van der Waals surface area contributed by atoms with Crippen molar-refractivity contribution in [2.45, 2.75) is 19.8 Å². The SMILES string of the molecule is Cc1cccc(-c2nn(-c3ccc(F)cc3)cc2C(=O)N2CCN(C(=O)C(=O)N3CCCC3)CC2)c1. The summed E-state index contributed by atoms with van der Waals surface area (Å²) in [6.07, 6.45) is 3.52. The highest BCUT2D eigenvalue weighted by Crippen LogP contribution is 2.26. The predicted molar refractivity (Wildman–Crippen MR) is 132 cm³/mol. The molecule has 0 unspecified atom stereocenters. The molecule has 3 aromatic rings. The normalized spacial score (nSPS) is 15.9. The van der Waals surface area contributed by atoms with Crippen LogP contribution in [0.1, 0.15) is 28.8 Å². The van der Waals surface area contributed by atoms with Gasteiger partial charge >= 0.3 is 11.8 Å². The number of aryl methyl sites for hydroxylation is 1. The summed E-state index contributed by atoms with van der Waals surface area (Å²) in [4.78, 5) is 43.6. The first-order valence-corrected chi connectivity index (χ1v) is 12.2. The number of likely N-dealkylation sites (tertiary alicyclic amines) is 1. The van der Waals surface area contributed by atoms with Crippen LogP contribution in [0.15, 0.2) is 54.7 Å². The number of hydrogen-bond donors (Lipinski definition) is 0. The molecule has 2 aliphatic rings. The lowest BCUT2D eigenvalue weighted by atomic mass is 10.0. The lowest BCUT2D eigenvalue weighted by molar-refractivity contribution is -0.152. The Bertz CT molecular complexity index is 1290. The summed E-state index contributed by atoms with van der Waals surface area (Å²) in [7, 11) is 0. The Hall–Kier alpha value is -4.01. The Morgan fingerprint density at radius 1 is 0.806 bits per heavy atom. The van der Waals surface area contributed by atoms with E-state index < -0.39 is 11.8 Å². The number of carbonyl (C=O) groups excluding carboxylic acids is 3. The number of aromatic nitrogens is 2. The molecule has 8 nitrogen and oxygen atoms in total. The topological polar surface area (TPSA) is 78.8 Å². The van der Waals surface area contributed by atoms with Gasteiger partial charge in [0.2, 0.25) is 0 Å². The first-order chi connectivity index (χ1) is 17.4. The zero-order valence-electron chi connectivity index (χ0n) is 20.2. The third-order valence-electron chi connectivity index (χ3n) is 6.76. The maximum absolute atomic E-state index is 13.6. The summed E-state index contributed by atoms with van der Waals surface area (Å²) < 4.78 is 15.0. The van der Waals surface area contributed by atoms with Crippen LogP contribution >= 0.6 is 0 Å². The Kier molecular flexibility index (Phi) is 6.54. The molecule has 0 aliphatic carbocycles. The van der Waals surface area contributed by atoms with E-state index in [0.29, 0.717) is 56.2 Å². The van der Waals surface area contributed by atoms with Gasteiger partial charge in [-0.15, -0.1) is 0 Å². The van der Waals surface area contributed by atoms with Gasteiger partial charge in [-0.3, -0.25) is 14.4 Å². The maximum Gasteiger partial charge on any atom is 0.312 e. The van der Waals surface area contributed by atoms with E-state index >= 15 is 0 Å². The van der Waals surface area contributed by atoms with E-state index in [4.69, 9.17) is 0 Å². The van der Waals surface area contributed by atoms with Crippen molar-refractivity contribution in [1.29, 1.82) is 0 Å². The fourth-order valence-electron chi connectivity index (χ4n) is 4.74. The van der Waals surface area contributed by atoms with Crippen LogP contribution < -0.4 is 0 Å². The Balaban J connectivity index is 1.36. The number of halogens is 1. The van der Waals surface area contributed by atoms with Crippen LogP contribution in [0.3, 0.4) is 0 Å². The summed E-state index contributed by atoms with van der Waals surface area (Å²) in [5.74, 6) is -1.49. The molecule has 2 aromatic carbocycles. The van der Waals surface area contributed by atoms with Gasteiger partial charge in [-0.05, 0) is 50.1 Å². The van der Waals surface area contributed by atoms with Crippen LogP contribution in [0.2, 0.25) is 0 Å². The quantitative estimate of drug-likeness (QED) is 0.530. The molecule has 0 atom stereocenters. The van der Waals surface area contributed by atoms with E-state index in [0.717, 1.165) is 24.0 Å². The minimum absolute atomic E-state index is 0.196. The number of rotatable bonds is 3. The Morgan fingerprint density at radius 2 is 1.42 bits per heavy atom. The monoisotopic (exact) mass is 489 g/mol. The molecule has 0 spiro atoms. The van der Waals surface area contributed by atoms with Crippen molar-refractivity contribution < 1.29 is 18.8 Å². The predicted octanol–water partition coefficient (Wildman–Crippen LogP) is 2.89. The van der Waals surface area contributed by atoms with Crippen LogP contribution in [-0.4, -0.2) is 81.5 Å². The van der Waals surface area contributed by atoms with Gasteiger partial charge < -0.3 is 14.7 Å². The maximum atomic E-state index is 13.6. The van der Waals surface area contributed by atoms with Crippen molar-refractivity contribution in [3.05, 3.63) is 71.7 Å². The molecule has 3 heterocycles. The molecule has 2 aliphatic heterocycles. The van der Waals surface area contributed by atoms with Crippen molar-refractivity contribution in [1.82, 2.24) is 24.5 Å². The number of carbonyl (C=O) groups is 3. The van der Waals surface area contributed by atoms with E-state index in [1.807, 2.05) is 31.2 Å². The standard InChI is InChI=1S/C27H28FN5O3/c1-19-5-4-6-20(17-19)24-23(18-33(29-24)22-9-7-21(28)8-10-22)25(34)31-13-15-32(16-14-31)27(36)26(35)30-11-2-3-12-30/h4-10,17-18H,2-3,11-16H2,1H3. The van der Waals surface area contributed by atoms with E-state index in [-0.39, 0.29) is 11.7 Å². The van der Waals surface area contributed by atoms with Crippen molar-refractivity contribution >= 4 is 17.7 Å². The molecule has 2 fully saturated rings. The average molecular weight is 490 g/mol. The second-order valence-corrected chi connectivity index (χ2v) is 9.27. The molecule has 186 valence electrons. The van der Waals surface area contributed by atoms with E-state index in [9.17, 15) is 18.8 Å². The fraction of sp³-hybridized carbons (Fsp3) is 0.333. The third-order valence-corrected chi connectivity index (χ3v) is 6.76. The highest BCUT2D eigenvalue weighted by atomic mass is 19.1. The van der Waals surface area contributed by atoms with E-state index in [2.05, 4.69) is 5.10 Å². The first kappa shape index (κ1) is 23.7. The molecule has 3 amide bonds. The van der Waals surface area contributed by atoms with Crippen molar-refractivity contribution in [2.75, 3.05) is 39.3 Å². The summed E-state index contributed by atoms with van der Waals surface area (Å²) in [5, 5.41) is 4.68. The zero-order chi connectivity index (χ0) is 25.2. The molecule has 0 saturated carbocycles. The zero-order valence-corrected chi connectivity index (χ0v) is 20.2. The minimum atomic E-state index is -0.492. The molecule has 0 radical (unpaired) electrons. The summed E-state index contributed by atoms with van der Waals surface area (Å²) >= 11 is 0. The van der Waals surface area contributed by atoms with Crippen LogP contribution in [0.25, 0.3) is 16.9 Å². The number of benzene rings is 2. The van der Waals surface area contributed by atoms with Gasteiger partial charge in [0, 0.05) is 51.0 Å². The highest BCUT2D eigenvalue weighted by molar-refractivity contribution is 6.35. The molecule has 36 heavy (non-hydrogen) atoms. The van der Waals surface area contributed by atoms with Gasteiger partial charge in [0.1, 0.15) is 11.5 Å². The number of amides is 3. The lowest BCUT2D eigenvalue weighted by Crippen LogP contribution is -2.54. The average Bonchev–Trinajstić information content (AvgIpc) is 3.59. The van der Waals surface area contributed by atoms with Gasteiger partial charge in [-0.2, -0.15) is 5.10 Å². The van der Waals surface area contributed by atoms with Gasteiger partial charge in [0.25, 0.3) is 5.91 Å². The summed E-state index contributed by atoms with van der Waals surface area (Å²) in [6, 6.07) is 13.7. The molecule has 0 N–H and O–H groups in total. The van der Waals surface area contributed by atoms with Crippen LogP contribution in [0.5, 0.6) is 0 Å².